The van der Waals surface area contributed by atoms with Crippen LogP contribution >= 0.6 is 23.1 Å². The first-order chi connectivity index (χ1) is 28.2. The molecule has 4 nitrogen and oxygen atoms in total. The van der Waals surface area contributed by atoms with Gasteiger partial charge in [0.1, 0.15) is 0 Å². The van der Waals surface area contributed by atoms with Crippen molar-refractivity contribution in [2.45, 2.75) is 28.0 Å². The van der Waals surface area contributed by atoms with Gasteiger partial charge in [0.15, 0.2) is 17.5 Å². The number of allylic oxidation sites excluding steroid dienone is 5. The Labute approximate surface area is 339 Å². The zero-order valence-corrected chi connectivity index (χ0v) is 32.4. The Balaban J connectivity index is 0.911. The molecule has 0 saturated carbocycles. The molecule has 0 saturated heterocycles. The van der Waals surface area contributed by atoms with E-state index in [1.807, 2.05) is 59.5 Å². The van der Waals surface area contributed by atoms with Crippen molar-refractivity contribution in [1.29, 1.82) is 0 Å². The SMILES string of the molecule is C1=CC2c3cc(-c4cccc5c4sc4ccc(-c6nc(-c7ccccc7)nc(-c7ccccc7)n6)cc45)ccc3SC2C(N2c3ccccc3C3C=CC=CC32)=C1. The standard InChI is InChI=1S/C51H34N4S2/c1-3-13-31(14-4-1)49-52-50(32-15-5-2-6-16-32)54-51(53-49)34-26-28-45-41(30-34)38-20-11-19-35(47(38)56-45)33-25-27-46-40(29-33)39-21-12-24-44(48(39)57-46)55-42-22-9-7-17-36(42)37-18-8-10-23-43(37)55/h1-30,36,39,42,48H. The highest BCUT2D eigenvalue weighted by Crippen LogP contribution is 2.56. The first kappa shape index (κ1) is 32.9. The van der Waals surface area contributed by atoms with Crippen molar-refractivity contribution >= 4 is 49.0 Å². The maximum atomic E-state index is 5.02. The molecule has 0 spiro atoms. The van der Waals surface area contributed by atoms with E-state index in [0.29, 0.717) is 40.6 Å². The molecule has 0 radical (unpaired) electrons. The first-order valence-electron chi connectivity index (χ1n) is 19.5. The second-order valence-corrected chi connectivity index (χ2v) is 17.3. The van der Waals surface area contributed by atoms with Crippen LogP contribution in [0.3, 0.4) is 0 Å². The molecule has 57 heavy (non-hydrogen) atoms. The van der Waals surface area contributed by atoms with Crippen molar-refractivity contribution in [3.63, 3.8) is 0 Å². The number of fused-ring (bicyclic) bond motifs is 9. The summed E-state index contributed by atoms with van der Waals surface area (Å²) in [5.41, 5.74) is 11.0. The normalized spacial score (nSPS) is 20.1. The molecule has 12 rings (SSSR count). The second-order valence-electron chi connectivity index (χ2n) is 15.0. The number of thioether (sulfide) groups is 1. The summed E-state index contributed by atoms with van der Waals surface area (Å²) in [5, 5.41) is 2.79. The highest BCUT2D eigenvalue weighted by atomic mass is 32.2. The average molecular weight is 767 g/mol. The van der Waals surface area contributed by atoms with Crippen molar-refractivity contribution in [2.75, 3.05) is 4.90 Å². The summed E-state index contributed by atoms with van der Waals surface area (Å²) in [4.78, 5) is 19.0. The lowest BCUT2D eigenvalue weighted by atomic mass is 9.87. The van der Waals surface area contributed by atoms with E-state index in [4.69, 9.17) is 15.0 Å². The number of thiophene rings is 1. The lowest BCUT2D eigenvalue weighted by Gasteiger charge is -2.36. The zero-order valence-electron chi connectivity index (χ0n) is 30.7. The maximum Gasteiger partial charge on any atom is 0.164 e. The van der Waals surface area contributed by atoms with Crippen LogP contribution in [0.25, 0.3) is 65.5 Å². The molecule has 2 aromatic heterocycles. The molecule has 4 unspecified atom stereocenters. The Morgan fingerprint density at radius 3 is 2.02 bits per heavy atom. The van der Waals surface area contributed by atoms with Crippen molar-refractivity contribution < 1.29 is 0 Å². The Kier molecular flexibility index (Phi) is 7.57. The van der Waals surface area contributed by atoms with Gasteiger partial charge in [-0.15, -0.1) is 23.1 Å². The minimum absolute atomic E-state index is 0.304. The number of para-hydroxylation sites is 1. The number of nitrogens with zero attached hydrogens (tertiary/aromatic N) is 4. The quantitative estimate of drug-likeness (QED) is 0.174. The maximum absolute atomic E-state index is 5.02. The van der Waals surface area contributed by atoms with Crippen LogP contribution in [0.2, 0.25) is 0 Å². The average Bonchev–Trinajstić information content (AvgIpc) is 3.96. The predicted octanol–water partition coefficient (Wildman–Crippen LogP) is 13.0. The van der Waals surface area contributed by atoms with Gasteiger partial charge in [-0.3, -0.25) is 0 Å². The molecule has 0 fully saturated rings. The largest absolute Gasteiger partial charge is 0.336 e. The summed E-state index contributed by atoms with van der Waals surface area (Å²) in [5.74, 6) is 2.70. The molecule has 4 aliphatic rings. The minimum atomic E-state index is 0.304. The molecule has 0 amide bonds. The third-order valence-corrected chi connectivity index (χ3v) is 14.5. The van der Waals surface area contributed by atoms with Crippen molar-refractivity contribution in [3.8, 4) is 45.3 Å². The number of benzene rings is 6. The monoisotopic (exact) mass is 766 g/mol. The van der Waals surface area contributed by atoms with Gasteiger partial charge in [-0.2, -0.15) is 0 Å². The fraction of sp³-hybridized carbons (Fsp3) is 0.0784. The smallest absolute Gasteiger partial charge is 0.164 e. The molecule has 6 aromatic carbocycles. The molecule has 4 atom stereocenters. The lowest BCUT2D eigenvalue weighted by Crippen LogP contribution is -2.37. The van der Waals surface area contributed by atoms with Gasteiger partial charge in [0, 0.05) is 65.0 Å². The van der Waals surface area contributed by atoms with Gasteiger partial charge < -0.3 is 4.90 Å². The summed E-state index contributed by atoms with van der Waals surface area (Å²) in [6, 6.07) is 50.2. The van der Waals surface area contributed by atoms with Gasteiger partial charge in [-0.05, 0) is 64.7 Å². The summed E-state index contributed by atoms with van der Waals surface area (Å²) in [7, 11) is 0. The highest BCUT2D eigenvalue weighted by Gasteiger charge is 2.44. The van der Waals surface area contributed by atoms with Gasteiger partial charge in [0.25, 0.3) is 0 Å². The number of anilines is 1. The van der Waals surface area contributed by atoms with Crippen LogP contribution in [-0.2, 0) is 0 Å². The Morgan fingerprint density at radius 2 is 1.21 bits per heavy atom. The van der Waals surface area contributed by atoms with Crippen LogP contribution in [0.1, 0.15) is 23.0 Å². The van der Waals surface area contributed by atoms with Crippen LogP contribution in [0.5, 0.6) is 0 Å². The minimum Gasteiger partial charge on any atom is -0.336 e. The first-order valence-corrected chi connectivity index (χ1v) is 21.2. The van der Waals surface area contributed by atoms with E-state index in [1.54, 1.807) is 0 Å². The third-order valence-electron chi connectivity index (χ3n) is 11.8. The Hall–Kier alpha value is -6.34. The molecular formula is C51H34N4S2. The summed E-state index contributed by atoms with van der Waals surface area (Å²) >= 11 is 3.89. The molecule has 2 aliphatic heterocycles. The van der Waals surface area contributed by atoms with Crippen LogP contribution in [0, 0.1) is 0 Å². The molecule has 4 heterocycles. The number of rotatable bonds is 5. The van der Waals surface area contributed by atoms with Gasteiger partial charge in [0.05, 0.1) is 11.3 Å². The molecule has 2 aliphatic carbocycles. The van der Waals surface area contributed by atoms with E-state index in [1.165, 1.54) is 58.7 Å². The summed E-state index contributed by atoms with van der Waals surface area (Å²) in [6.45, 7) is 0. The Bertz CT molecular complexity index is 2980. The predicted molar refractivity (Wildman–Crippen MR) is 238 cm³/mol. The van der Waals surface area contributed by atoms with Crippen LogP contribution < -0.4 is 4.90 Å². The van der Waals surface area contributed by atoms with Crippen molar-refractivity contribution in [2.24, 2.45) is 0 Å². The zero-order chi connectivity index (χ0) is 37.5. The fourth-order valence-electron chi connectivity index (χ4n) is 9.18. The van der Waals surface area contributed by atoms with Crippen LogP contribution in [0.4, 0.5) is 5.69 Å². The number of aromatic nitrogens is 3. The Morgan fingerprint density at radius 1 is 0.509 bits per heavy atom. The molecule has 270 valence electrons. The third kappa shape index (κ3) is 5.32. The van der Waals surface area contributed by atoms with Gasteiger partial charge in [-0.25, -0.2) is 15.0 Å². The van der Waals surface area contributed by atoms with Gasteiger partial charge >= 0.3 is 0 Å². The molecule has 6 heteroatoms. The van der Waals surface area contributed by atoms with Crippen LogP contribution in [-0.4, -0.2) is 26.2 Å². The van der Waals surface area contributed by atoms with E-state index in [9.17, 15) is 0 Å². The molecule has 8 aromatic rings. The molecular weight excluding hydrogens is 733 g/mol. The number of hydrogen-bond acceptors (Lipinski definition) is 6. The molecule has 0 N–H and O–H groups in total. The number of hydrogen-bond donors (Lipinski definition) is 0. The van der Waals surface area contributed by atoms with E-state index in [-0.39, 0.29) is 0 Å². The van der Waals surface area contributed by atoms with Gasteiger partial charge in [0.2, 0.25) is 0 Å². The second kappa shape index (κ2) is 13.1. The van der Waals surface area contributed by atoms with E-state index < -0.39 is 0 Å². The lowest BCUT2D eigenvalue weighted by molar-refractivity contribution is 0.691. The van der Waals surface area contributed by atoms with Crippen LogP contribution in [0.15, 0.2) is 193 Å². The topological polar surface area (TPSA) is 41.9 Å². The van der Waals surface area contributed by atoms with Crippen molar-refractivity contribution in [1.82, 2.24) is 15.0 Å². The fourth-order valence-corrected chi connectivity index (χ4v) is 11.9. The van der Waals surface area contributed by atoms with Gasteiger partial charge in [-0.1, -0.05) is 140 Å². The summed E-state index contributed by atoms with van der Waals surface area (Å²) < 4.78 is 2.55. The van der Waals surface area contributed by atoms with Crippen molar-refractivity contribution in [3.05, 3.63) is 199 Å². The highest BCUT2D eigenvalue weighted by molar-refractivity contribution is 8.00. The molecule has 0 bridgehead atoms. The van der Waals surface area contributed by atoms with E-state index in [2.05, 4.69) is 151 Å². The van der Waals surface area contributed by atoms with E-state index in [0.717, 1.165) is 16.7 Å². The summed E-state index contributed by atoms with van der Waals surface area (Å²) in [6.07, 6.45) is 16.2. The van der Waals surface area contributed by atoms with E-state index >= 15 is 0 Å².